The van der Waals surface area contributed by atoms with Gasteiger partial charge in [0, 0.05) is 24.8 Å². The quantitative estimate of drug-likeness (QED) is 0.926. The van der Waals surface area contributed by atoms with E-state index in [1.165, 1.54) is 0 Å². The van der Waals surface area contributed by atoms with Gasteiger partial charge < -0.3 is 14.7 Å². The van der Waals surface area contributed by atoms with Crippen LogP contribution in [0.1, 0.15) is 17.2 Å². The van der Waals surface area contributed by atoms with Crippen molar-refractivity contribution in [3.63, 3.8) is 0 Å². The van der Waals surface area contributed by atoms with E-state index in [-0.39, 0.29) is 0 Å². The van der Waals surface area contributed by atoms with Crippen molar-refractivity contribution >= 4 is 5.82 Å². The van der Waals surface area contributed by atoms with Gasteiger partial charge in [0.05, 0.1) is 13.2 Å². The third-order valence-electron chi connectivity index (χ3n) is 3.54. The van der Waals surface area contributed by atoms with E-state index in [2.05, 4.69) is 9.88 Å². The molecule has 4 heteroatoms. The van der Waals surface area contributed by atoms with Crippen LogP contribution in [-0.4, -0.2) is 36.4 Å². The third kappa shape index (κ3) is 2.81. The zero-order valence-corrected chi connectivity index (χ0v) is 11.3. The fraction of sp³-hybridized carbons (Fsp3) is 0.312. The molecule has 0 aliphatic carbocycles. The van der Waals surface area contributed by atoms with Gasteiger partial charge in [0.25, 0.3) is 0 Å². The first kappa shape index (κ1) is 13.1. The average Bonchev–Trinajstić information content (AvgIpc) is 2.56. The summed E-state index contributed by atoms with van der Waals surface area (Å²) >= 11 is 0. The van der Waals surface area contributed by atoms with Gasteiger partial charge in [-0.1, -0.05) is 36.4 Å². The maximum atomic E-state index is 10.3. The molecule has 1 fully saturated rings. The van der Waals surface area contributed by atoms with Gasteiger partial charge in [-0.3, -0.25) is 0 Å². The number of hydrogen-bond acceptors (Lipinski definition) is 4. The maximum absolute atomic E-state index is 10.3. The Bertz CT molecular complexity index is 536. The zero-order chi connectivity index (χ0) is 13.8. The second-order valence-corrected chi connectivity index (χ2v) is 4.86. The van der Waals surface area contributed by atoms with E-state index in [0.717, 1.165) is 43.2 Å². The van der Waals surface area contributed by atoms with Crippen LogP contribution in [0.25, 0.3) is 0 Å². The molecule has 1 atom stereocenters. The number of morpholine rings is 1. The number of aromatic nitrogens is 1. The summed E-state index contributed by atoms with van der Waals surface area (Å²) in [6.45, 7) is 3.23. The van der Waals surface area contributed by atoms with Gasteiger partial charge >= 0.3 is 0 Å². The molecule has 0 unspecified atom stereocenters. The Morgan fingerprint density at radius 3 is 2.40 bits per heavy atom. The predicted octanol–water partition coefficient (Wildman–Crippen LogP) is 2.00. The van der Waals surface area contributed by atoms with Crippen molar-refractivity contribution in [2.45, 2.75) is 6.10 Å². The second-order valence-electron chi connectivity index (χ2n) is 4.86. The normalized spacial score (nSPS) is 16.9. The van der Waals surface area contributed by atoms with E-state index in [1.807, 2.05) is 42.5 Å². The van der Waals surface area contributed by atoms with Gasteiger partial charge in [-0.2, -0.15) is 0 Å². The summed E-state index contributed by atoms with van der Waals surface area (Å²) in [4.78, 5) is 6.66. The third-order valence-corrected chi connectivity index (χ3v) is 3.54. The lowest BCUT2D eigenvalue weighted by molar-refractivity contribution is 0.122. The summed E-state index contributed by atoms with van der Waals surface area (Å²) in [5, 5.41) is 10.3. The van der Waals surface area contributed by atoms with Crippen LogP contribution in [-0.2, 0) is 4.74 Å². The van der Waals surface area contributed by atoms with Crippen LogP contribution < -0.4 is 4.90 Å². The minimum absolute atomic E-state index is 0.623. The highest BCUT2D eigenvalue weighted by atomic mass is 16.5. The maximum Gasteiger partial charge on any atom is 0.128 e. The fourth-order valence-corrected chi connectivity index (χ4v) is 2.37. The summed E-state index contributed by atoms with van der Waals surface area (Å²) in [5.74, 6) is 0.942. The number of ether oxygens (including phenoxy) is 1. The molecule has 0 spiro atoms. The average molecular weight is 270 g/mol. The Morgan fingerprint density at radius 1 is 1.00 bits per heavy atom. The lowest BCUT2D eigenvalue weighted by Gasteiger charge is -2.27. The summed E-state index contributed by atoms with van der Waals surface area (Å²) < 4.78 is 5.33. The highest BCUT2D eigenvalue weighted by Gasteiger charge is 2.14. The number of aliphatic hydroxyl groups excluding tert-OH is 1. The smallest absolute Gasteiger partial charge is 0.128 e. The van der Waals surface area contributed by atoms with Crippen molar-refractivity contribution in [2.75, 3.05) is 31.2 Å². The summed E-state index contributed by atoms with van der Waals surface area (Å²) in [5.41, 5.74) is 1.70. The number of rotatable bonds is 3. The second kappa shape index (κ2) is 6.03. The van der Waals surface area contributed by atoms with Crippen LogP contribution in [0.3, 0.4) is 0 Å². The monoisotopic (exact) mass is 270 g/mol. The van der Waals surface area contributed by atoms with Gasteiger partial charge in [0.2, 0.25) is 0 Å². The van der Waals surface area contributed by atoms with Crippen LogP contribution in [0, 0.1) is 0 Å². The largest absolute Gasteiger partial charge is 0.384 e. The molecule has 20 heavy (non-hydrogen) atoms. The molecule has 0 radical (unpaired) electrons. The molecule has 1 aliphatic heterocycles. The van der Waals surface area contributed by atoms with Crippen molar-refractivity contribution in [3.05, 3.63) is 59.8 Å². The van der Waals surface area contributed by atoms with E-state index < -0.39 is 6.10 Å². The van der Waals surface area contributed by atoms with Gasteiger partial charge in [-0.05, 0) is 11.6 Å². The number of anilines is 1. The molecule has 1 aliphatic rings. The highest BCUT2D eigenvalue weighted by molar-refractivity contribution is 5.41. The summed E-state index contributed by atoms with van der Waals surface area (Å²) in [6, 6.07) is 13.5. The molecule has 0 amide bonds. The number of pyridine rings is 1. The van der Waals surface area contributed by atoms with E-state index in [9.17, 15) is 5.11 Å². The Morgan fingerprint density at radius 2 is 1.75 bits per heavy atom. The first-order valence-corrected chi connectivity index (χ1v) is 6.86. The predicted molar refractivity (Wildman–Crippen MR) is 77.8 cm³/mol. The van der Waals surface area contributed by atoms with Crippen molar-refractivity contribution in [2.24, 2.45) is 0 Å². The van der Waals surface area contributed by atoms with Gasteiger partial charge in [-0.25, -0.2) is 4.98 Å². The van der Waals surface area contributed by atoms with Crippen LogP contribution >= 0.6 is 0 Å². The van der Waals surface area contributed by atoms with Crippen LogP contribution in [0.5, 0.6) is 0 Å². The van der Waals surface area contributed by atoms with E-state index in [1.54, 1.807) is 6.20 Å². The number of hydrogen-bond donors (Lipinski definition) is 1. The van der Waals surface area contributed by atoms with Crippen LogP contribution in [0.2, 0.25) is 0 Å². The molecule has 1 aromatic carbocycles. The highest BCUT2D eigenvalue weighted by Crippen LogP contribution is 2.22. The molecule has 1 N–H and O–H groups in total. The van der Waals surface area contributed by atoms with Crippen molar-refractivity contribution in [1.82, 2.24) is 4.98 Å². The molecule has 1 aromatic heterocycles. The molecule has 0 bridgehead atoms. The first-order valence-electron chi connectivity index (χ1n) is 6.86. The first-order chi connectivity index (χ1) is 9.84. The zero-order valence-electron chi connectivity index (χ0n) is 11.3. The van der Waals surface area contributed by atoms with Crippen molar-refractivity contribution in [3.8, 4) is 0 Å². The molecule has 0 saturated carbocycles. The van der Waals surface area contributed by atoms with E-state index in [0.29, 0.717) is 0 Å². The topological polar surface area (TPSA) is 45.6 Å². The Balaban J connectivity index is 1.75. The van der Waals surface area contributed by atoms with E-state index >= 15 is 0 Å². The molecule has 4 nitrogen and oxygen atoms in total. The number of benzene rings is 1. The Labute approximate surface area is 118 Å². The SMILES string of the molecule is O[C@@H](c1ccccc1)c1ccc(N2CCOCC2)nc1. The van der Waals surface area contributed by atoms with Crippen molar-refractivity contribution in [1.29, 1.82) is 0 Å². The Kier molecular flexibility index (Phi) is 3.95. The standard InChI is InChI=1S/C16H18N2O2/c19-16(13-4-2-1-3-5-13)14-6-7-15(17-12-14)18-8-10-20-11-9-18/h1-7,12,16,19H,8-11H2/t16-/m0/s1. The molecular weight excluding hydrogens is 252 g/mol. The van der Waals surface area contributed by atoms with Crippen LogP contribution in [0.15, 0.2) is 48.7 Å². The molecular formula is C16H18N2O2. The number of nitrogens with zero attached hydrogens (tertiary/aromatic N) is 2. The fourth-order valence-electron chi connectivity index (χ4n) is 2.37. The molecule has 104 valence electrons. The van der Waals surface area contributed by atoms with Crippen LogP contribution in [0.4, 0.5) is 5.82 Å². The molecule has 2 heterocycles. The Hall–Kier alpha value is -1.91. The minimum atomic E-state index is -0.623. The molecule has 1 saturated heterocycles. The van der Waals surface area contributed by atoms with Gasteiger partial charge in [0.15, 0.2) is 0 Å². The van der Waals surface area contributed by atoms with Crippen molar-refractivity contribution < 1.29 is 9.84 Å². The lowest BCUT2D eigenvalue weighted by atomic mass is 10.0. The van der Waals surface area contributed by atoms with Gasteiger partial charge in [0.1, 0.15) is 11.9 Å². The molecule has 3 rings (SSSR count). The summed E-state index contributed by atoms with van der Waals surface area (Å²) in [7, 11) is 0. The number of aliphatic hydroxyl groups is 1. The van der Waals surface area contributed by atoms with Gasteiger partial charge in [-0.15, -0.1) is 0 Å². The minimum Gasteiger partial charge on any atom is -0.384 e. The summed E-state index contributed by atoms with van der Waals surface area (Å²) in [6.07, 6.45) is 1.13. The molecule has 2 aromatic rings. The lowest BCUT2D eigenvalue weighted by Crippen LogP contribution is -2.36. The van der Waals surface area contributed by atoms with E-state index in [4.69, 9.17) is 4.74 Å².